The molecule has 1 saturated heterocycles. The molecule has 19 heavy (non-hydrogen) atoms. The van der Waals surface area contributed by atoms with Crippen LogP contribution in [0.1, 0.15) is 36.0 Å². The van der Waals surface area contributed by atoms with E-state index in [0.717, 1.165) is 31.7 Å². The molecule has 0 radical (unpaired) electrons. The minimum Gasteiger partial charge on any atom is -0.545 e. The van der Waals surface area contributed by atoms with Gasteiger partial charge in [0.2, 0.25) is 10.0 Å². The first-order valence-corrected chi connectivity index (χ1v) is 7.77. The van der Waals surface area contributed by atoms with Crippen LogP contribution in [-0.2, 0) is 10.0 Å². The number of hydrogen-bond donors (Lipinski definition) is 0. The largest absolute Gasteiger partial charge is 0.545 e. The Bertz CT molecular complexity index is 560. The maximum absolute atomic E-state index is 12.4. The third-order valence-electron chi connectivity index (χ3n) is 3.27. The van der Waals surface area contributed by atoms with Crippen molar-refractivity contribution >= 4 is 16.0 Å². The van der Waals surface area contributed by atoms with Crippen LogP contribution in [0.15, 0.2) is 29.2 Å². The van der Waals surface area contributed by atoms with Crippen molar-refractivity contribution in [3.63, 3.8) is 0 Å². The Labute approximate surface area is 112 Å². The quantitative estimate of drug-likeness (QED) is 0.814. The van der Waals surface area contributed by atoms with E-state index in [9.17, 15) is 18.3 Å². The Hall–Kier alpha value is -1.40. The van der Waals surface area contributed by atoms with Gasteiger partial charge in [-0.3, -0.25) is 0 Å². The highest BCUT2D eigenvalue weighted by Crippen LogP contribution is 2.20. The number of carboxylic acid groups (broad SMARTS) is 1. The molecule has 1 aliphatic rings. The molecule has 5 nitrogen and oxygen atoms in total. The van der Waals surface area contributed by atoms with Gasteiger partial charge in [0.25, 0.3) is 0 Å². The van der Waals surface area contributed by atoms with Gasteiger partial charge in [-0.1, -0.05) is 25.0 Å². The van der Waals surface area contributed by atoms with Crippen LogP contribution in [0.5, 0.6) is 0 Å². The zero-order chi connectivity index (χ0) is 13.9. The highest BCUT2D eigenvalue weighted by atomic mass is 32.2. The van der Waals surface area contributed by atoms with Gasteiger partial charge >= 0.3 is 0 Å². The van der Waals surface area contributed by atoms with Gasteiger partial charge in [-0.05, 0) is 30.5 Å². The predicted octanol–water partition coefficient (Wildman–Crippen LogP) is 0.615. The van der Waals surface area contributed by atoms with E-state index in [-0.39, 0.29) is 10.5 Å². The van der Waals surface area contributed by atoms with Gasteiger partial charge in [0, 0.05) is 13.1 Å². The normalized spacial score (nSPS) is 17.9. The summed E-state index contributed by atoms with van der Waals surface area (Å²) in [7, 11) is -3.60. The standard InChI is InChI=1S/C13H17NO4S/c15-13(16)11-6-5-7-12(10-11)19(17,18)14-8-3-1-2-4-9-14/h5-7,10H,1-4,8-9H2,(H,15,16)/p-1. The van der Waals surface area contributed by atoms with E-state index >= 15 is 0 Å². The van der Waals surface area contributed by atoms with Crippen molar-refractivity contribution in [2.45, 2.75) is 30.6 Å². The van der Waals surface area contributed by atoms with Crippen molar-refractivity contribution in [2.24, 2.45) is 0 Å². The van der Waals surface area contributed by atoms with Gasteiger partial charge in [-0.2, -0.15) is 4.31 Å². The molecule has 104 valence electrons. The highest BCUT2D eigenvalue weighted by Gasteiger charge is 2.25. The van der Waals surface area contributed by atoms with Crippen LogP contribution >= 0.6 is 0 Å². The minimum atomic E-state index is -3.60. The number of carbonyl (C=O) groups excluding carboxylic acids is 1. The monoisotopic (exact) mass is 282 g/mol. The molecule has 0 bridgehead atoms. The van der Waals surface area contributed by atoms with Crippen LogP contribution in [0, 0.1) is 0 Å². The molecule has 0 N–H and O–H groups in total. The van der Waals surface area contributed by atoms with E-state index in [4.69, 9.17) is 0 Å². The predicted molar refractivity (Wildman–Crippen MR) is 68.0 cm³/mol. The van der Waals surface area contributed by atoms with Gasteiger partial charge in [0.15, 0.2) is 0 Å². The Kier molecular flexibility index (Phi) is 4.21. The zero-order valence-electron chi connectivity index (χ0n) is 10.5. The SMILES string of the molecule is O=C([O-])c1cccc(S(=O)(=O)N2CCCCCC2)c1. The maximum atomic E-state index is 12.4. The number of hydrogen-bond acceptors (Lipinski definition) is 4. The number of aromatic carboxylic acids is 1. The van der Waals surface area contributed by atoms with Gasteiger partial charge in [-0.25, -0.2) is 8.42 Å². The zero-order valence-corrected chi connectivity index (χ0v) is 11.4. The van der Waals surface area contributed by atoms with Gasteiger partial charge < -0.3 is 9.90 Å². The Balaban J connectivity index is 2.32. The molecule has 6 heteroatoms. The third-order valence-corrected chi connectivity index (χ3v) is 5.17. The molecule has 1 aromatic rings. The number of sulfonamides is 1. The molecule has 1 heterocycles. The topological polar surface area (TPSA) is 77.5 Å². The molecule has 0 aliphatic carbocycles. The smallest absolute Gasteiger partial charge is 0.243 e. The molecule has 2 rings (SSSR count). The summed E-state index contributed by atoms with van der Waals surface area (Å²) in [6.45, 7) is 0.996. The van der Waals surface area contributed by atoms with E-state index in [0.29, 0.717) is 13.1 Å². The maximum Gasteiger partial charge on any atom is 0.243 e. The van der Waals surface area contributed by atoms with Crippen molar-refractivity contribution < 1.29 is 18.3 Å². The van der Waals surface area contributed by atoms with Crippen LogP contribution < -0.4 is 5.11 Å². The number of carbonyl (C=O) groups is 1. The Morgan fingerprint density at radius 3 is 2.32 bits per heavy atom. The average Bonchev–Trinajstić information content (AvgIpc) is 2.68. The van der Waals surface area contributed by atoms with Gasteiger partial charge in [0.05, 0.1) is 10.9 Å². The number of carboxylic acids is 1. The number of nitrogens with zero attached hydrogens (tertiary/aromatic N) is 1. The molecule has 1 aliphatic heterocycles. The molecular formula is C13H16NO4S-. The van der Waals surface area contributed by atoms with E-state index in [1.165, 1.54) is 22.5 Å². The molecule has 0 atom stereocenters. The molecule has 0 spiro atoms. The summed E-state index contributed by atoms with van der Waals surface area (Å²) in [6, 6.07) is 5.34. The second-order valence-corrected chi connectivity index (χ2v) is 6.57. The first-order valence-electron chi connectivity index (χ1n) is 6.33. The van der Waals surface area contributed by atoms with Crippen molar-refractivity contribution in [3.05, 3.63) is 29.8 Å². The van der Waals surface area contributed by atoms with Crippen LogP contribution in [0.25, 0.3) is 0 Å². The first-order chi connectivity index (χ1) is 9.01. The molecular weight excluding hydrogens is 266 g/mol. The van der Waals surface area contributed by atoms with Crippen LogP contribution in [0.4, 0.5) is 0 Å². The molecule has 0 saturated carbocycles. The number of rotatable bonds is 3. The lowest BCUT2D eigenvalue weighted by molar-refractivity contribution is -0.255. The van der Waals surface area contributed by atoms with Crippen LogP contribution in [-0.4, -0.2) is 31.8 Å². The van der Waals surface area contributed by atoms with E-state index in [1.54, 1.807) is 0 Å². The average molecular weight is 282 g/mol. The number of benzene rings is 1. The summed E-state index contributed by atoms with van der Waals surface area (Å²) >= 11 is 0. The lowest BCUT2D eigenvalue weighted by Gasteiger charge is -2.20. The molecule has 1 aromatic carbocycles. The van der Waals surface area contributed by atoms with Crippen molar-refractivity contribution in [1.29, 1.82) is 0 Å². The molecule has 0 unspecified atom stereocenters. The molecule has 0 amide bonds. The van der Waals surface area contributed by atoms with Crippen LogP contribution in [0.3, 0.4) is 0 Å². The summed E-state index contributed by atoms with van der Waals surface area (Å²) < 4.78 is 26.3. The lowest BCUT2D eigenvalue weighted by atomic mass is 10.2. The molecule has 0 aromatic heterocycles. The Morgan fingerprint density at radius 1 is 1.11 bits per heavy atom. The summed E-state index contributed by atoms with van der Waals surface area (Å²) in [4.78, 5) is 10.8. The van der Waals surface area contributed by atoms with Gasteiger partial charge in [-0.15, -0.1) is 0 Å². The fourth-order valence-electron chi connectivity index (χ4n) is 2.21. The lowest BCUT2D eigenvalue weighted by Crippen LogP contribution is -2.32. The van der Waals surface area contributed by atoms with Crippen molar-refractivity contribution in [1.82, 2.24) is 4.31 Å². The van der Waals surface area contributed by atoms with Crippen molar-refractivity contribution in [3.8, 4) is 0 Å². The van der Waals surface area contributed by atoms with Crippen LogP contribution in [0.2, 0.25) is 0 Å². The third kappa shape index (κ3) is 3.13. The van der Waals surface area contributed by atoms with E-state index < -0.39 is 16.0 Å². The van der Waals surface area contributed by atoms with Crippen molar-refractivity contribution in [2.75, 3.05) is 13.1 Å². The summed E-state index contributed by atoms with van der Waals surface area (Å²) in [5.41, 5.74) is -0.115. The highest BCUT2D eigenvalue weighted by molar-refractivity contribution is 7.89. The van der Waals surface area contributed by atoms with Gasteiger partial charge in [0.1, 0.15) is 0 Å². The van der Waals surface area contributed by atoms with E-state index in [2.05, 4.69) is 0 Å². The first kappa shape index (κ1) is 14.0. The second kappa shape index (κ2) is 5.71. The Morgan fingerprint density at radius 2 is 1.74 bits per heavy atom. The molecule has 1 fully saturated rings. The fourth-order valence-corrected chi connectivity index (χ4v) is 3.78. The summed E-state index contributed by atoms with van der Waals surface area (Å²) in [5.74, 6) is -1.37. The van der Waals surface area contributed by atoms with E-state index in [1.807, 2.05) is 0 Å². The minimum absolute atomic E-state index is 0.0242. The summed E-state index contributed by atoms with van der Waals surface area (Å²) in [6.07, 6.45) is 3.76. The second-order valence-electron chi connectivity index (χ2n) is 4.63. The fraction of sp³-hybridized carbons (Fsp3) is 0.462. The summed E-state index contributed by atoms with van der Waals surface area (Å²) in [5, 5.41) is 10.8.